The molecule has 0 bridgehead atoms. The van der Waals surface area contributed by atoms with Crippen LogP contribution in [0.25, 0.3) is 0 Å². The van der Waals surface area contributed by atoms with Gasteiger partial charge < -0.3 is 10.1 Å². The van der Waals surface area contributed by atoms with Gasteiger partial charge in [0.15, 0.2) is 5.75 Å². The van der Waals surface area contributed by atoms with Crippen molar-refractivity contribution in [2.75, 3.05) is 12.4 Å². The quantitative estimate of drug-likeness (QED) is 0.670. The van der Waals surface area contributed by atoms with E-state index in [4.69, 9.17) is 4.74 Å². The Bertz CT molecular complexity index is 595. The number of benzene rings is 1. The molecule has 0 radical (unpaired) electrons. The average molecular weight is 278 g/mol. The van der Waals surface area contributed by atoms with Crippen LogP contribution in [-0.2, 0) is 6.54 Å². The van der Waals surface area contributed by atoms with Crippen molar-refractivity contribution < 1.29 is 9.66 Å². The van der Waals surface area contributed by atoms with Crippen molar-refractivity contribution in [3.8, 4) is 5.75 Å². The highest BCUT2D eigenvalue weighted by molar-refractivity contribution is 7.11. The van der Waals surface area contributed by atoms with Gasteiger partial charge in [0.05, 0.1) is 12.0 Å². The number of aryl methyl sites for hydroxylation is 1. The molecule has 1 aromatic carbocycles. The molecule has 2 aromatic rings. The number of methoxy groups -OCH3 is 1. The lowest BCUT2D eigenvalue weighted by atomic mass is 10.2. The topological polar surface area (TPSA) is 64.4 Å². The van der Waals surface area contributed by atoms with E-state index in [0.29, 0.717) is 6.54 Å². The average Bonchev–Trinajstić information content (AvgIpc) is 2.81. The Morgan fingerprint density at radius 3 is 2.74 bits per heavy atom. The summed E-state index contributed by atoms with van der Waals surface area (Å²) in [6, 6.07) is 8.90. The molecule has 0 aliphatic rings. The van der Waals surface area contributed by atoms with Gasteiger partial charge in [-0.3, -0.25) is 10.1 Å². The summed E-state index contributed by atoms with van der Waals surface area (Å²) in [5.41, 5.74) is 0.772. The minimum absolute atomic E-state index is 0.0278. The number of nitro groups is 1. The summed E-state index contributed by atoms with van der Waals surface area (Å²) in [4.78, 5) is 12.8. The molecule has 1 N–H and O–H groups in total. The SMILES string of the molecule is COc1cc(NCc2ccc(C)s2)ccc1[N+](=O)[O-]. The summed E-state index contributed by atoms with van der Waals surface area (Å²) in [7, 11) is 1.43. The first-order chi connectivity index (χ1) is 9.10. The first-order valence-corrected chi connectivity index (χ1v) is 6.53. The Labute approximate surface area is 115 Å². The van der Waals surface area contributed by atoms with Gasteiger partial charge in [-0.1, -0.05) is 0 Å². The molecule has 0 amide bonds. The number of thiophene rings is 1. The van der Waals surface area contributed by atoms with Gasteiger partial charge in [-0.25, -0.2) is 0 Å². The highest BCUT2D eigenvalue weighted by Crippen LogP contribution is 2.30. The highest BCUT2D eigenvalue weighted by Gasteiger charge is 2.14. The molecule has 1 aromatic heterocycles. The molecule has 2 rings (SSSR count). The standard InChI is InChI=1S/C13H14N2O3S/c1-9-3-5-11(19-9)8-14-10-4-6-12(15(16)17)13(7-10)18-2/h3-7,14H,8H2,1-2H3. The van der Waals surface area contributed by atoms with Crippen LogP contribution in [0.3, 0.4) is 0 Å². The van der Waals surface area contributed by atoms with Crippen molar-refractivity contribution in [2.45, 2.75) is 13.5 Å². The largest absolute Gasteiger partial charge is 0.490 e. The molecular formula is C13H14N2O3S. The van der Waals surface area contributed by atoms with E-state index < -0.39 is 4.92 Å². The van der Waals surface area contributed by atoms with E-state index in [1.807, 2.05) is 0 Å². The smallest absolute Gasteiger partial charge is 0.311 e. The van der Waals surface area contributed by atoms with Crippen molar-refractivity contribution in [3.05, 3.63) is 50.2 Å². The molecule has 5 nitrogen and oxygen atoms in total. The van der Waals surface area contributed by atoms with Gasteiger partial charge in [-0.15, -0.1) is 11.3 Å². The number of nitrogens with one attached hydrogen (secondary N) is 1. The Balaban J connectivity index is 2.11. The molecule has 0 spiro atoms. The van der Waals surface area contributed by atoms with E-state index in [9.17, 15) is 10.1 Å². The summed E-state index contributed by atoms with van der Waals surface area (Å²) < 4.78 is 5.02. The number of nitrogens with zero attached hydrogens (tertiary/aromatic N) is 1. The molecule has 100 valence electrons. The molecule has 0 saturated heterocycles. The first kappa shape index (κ1) is 13.4. The minimum Gasteiger partial charge on any atom is -0.490 e. The van der Waals surface area contributed by atoms with Crippen LogP contribution in [0.4, 0.5) is 11.4 Å². The molecule has 19 heavy (non-hydrogen) atoms. The van der Waals surface area contributed by atoms with Gasteiger partial charge in [0.1, 0.15) is 0 Å². The fraction of sp³-hybridized carbons (Fsp3) is 0.231. The predicted octanol–water partition coefficient (Wildman–Crippen LogP) is 3.59. The lowest BCUT2D eigenvalue weighted by Crippen LogP contribution is -1.99. The monoisotopic (exact) mass is 278 g/mol. The van der Waals surface area contributed by atoms with E-state index >= 15 is 0 Å². The van der Waals surface area contributed by atoms with Crippen LogP contribution in [0.15, 0.2) is 30.3 Å². The van der Waals surface area contributed by atoms with Crippen LogP contribution in [0, 0.1) is 17.0 Å². The van der Waals surface area contributed by atoms with E-state index in [0.717, 1.165) is 5.69 Å². The summed E-state index contributed by atoms with van der Waals surface area (Å²) in [5, 5.41) is 14.0. The molecule has 6 heteroatoms. The summed E-state index contributed by atoms with van der Waals surface area (Å²) in [6.07, 6.45) is 0. The summed E-state index contributed by atoms with van der Waals surface area (Å²) in [5.74, 6) is 0.261. The van der Waals surface area contributed by atoms with Crippen LogP contribution in [0.5, 0.6) is 5.75 Å². The van der Waals surface area contributed by atoms with Gasteiger partial charge in [0.25, 0.3) is 0 Å². The number of anilines is 1. The fourth-order valence-electron chi connectivity index (χ4n) is 1.71. The van der Waals surface area contributed by atoms with Gasteiger partial charge in [-0.2, -0.15) is 0 Å². The number of ether oxygens (including phenoxy) is 1. The van der Waals surface area contributed by atoms with Crippen LogP contribution < -0.4 is 10.1 Å². The van der Waals surface area contributed by atoms with Gasteiger partial charge >= 0.3 is 5.69 Å². The fourth-order valence-corrected chi connectivity index (χ4v) is 2.54. The molecule has 0 atom stereocenters. The highest BCUT2D eigenvalue weighted by atomic mass is 32.1. The third-order valence-electron chi connectivity index (χ3n) is 2.64. The zero-order valence-electron chi connectivity index (χ0n) is 10.7. The molecule has 0 fully saturated rings. The van der Waals surface area contributed by atoms with Crippen molar-refractivity contribution in [2.24, 2.45) is 0 Å². The lowest BCUT2D eigenvalue weighted by Gasteiger charge is -2.07. The maximum atomic E-state index is 10.8. The van der Waals surface area contributed by atoms with Crippen molar-refractivity contribution in [3.63, 3.8) is 0 Å². The summed E-state index contributed by atoms with van der Waals surface area (Å²) >= 11 is 1.72. The molecule has 1 heterocycles. The zero-order chi connectivity index (χ0) is 13.8. The molecular weight excluding hydrogens is 264 g/mol. The van der Waals surface area contributed by atoms with Gasteiger partial charge in [-0.05, 0) is 25.1 Å². The van der Waals surface area contributed by atoms with Crippen LogP contribution in [0.1, 0.15) is 9.75 Å². The van der Waals surface area contributed by atoms with Gasteiger partial charge in [0.2, 0.25) is 0 Å². The van der Waals surface area contributed by atoms with Crippen LogP contribution in [-0.4, -0.2) is 12.0 Å². The van der Waals surface area contributed by atoms with Crippen molar-refractivity contribution >= 4 is 22.7 Å². The second-order valence-electron chi connectivity index (χ2n) is 4.01. The van der Waals surface area contributed by atoms with E-state index in [2.05, 4.69) is 24.4 Å². The van der Waals surface area contributed by atoms with E-state index in [-0.39, 0.29) is 11.4 Å². The number of rotatable bonds is 5. The minimum atomic E-state index is -0.453. The Morgan fingerprint density at radius 2 is 2.16 bits per heavy atom. The van der Waals surface area contributed by atoms with Crippen molar-refractivity contribution in [1.82, 2.24) is 0 Å². The number of nitro benzene ring substituents is 1. The third kappa shape index (κ3) is 3.23. The second kappa shape index (κ2) is 5.71. The van der Waals surface area contributed by atoms with Gasteiger partial charge in [0, 0.05) is 34.1 Å². The Hall–Kier alpha value is -2.08. The Morgan fingerprint density at radius 1 is 1.37 bits per heavy atom. The maximum absolute atomic E-state index is 10.8. The second-order valence-corrected chi connectivity index (χ2v) is 5.38. The van der Waals surface area contributed by atoms with Crippen molar-refractivity contribution in [1.29, 1.82) is 0 Å². The third-order valence-corrected chi connectivity index (χ3v) is 3.64. The van der Waals surface area contributed by atoms with Crippen LogP contribution in [0.2, 0.25) is 0 Å². The normalized spacial score (nSPS) is 10.2. The molecule has 0 saturated carbocycles. The first-order valence-electron chi connectivity index (χ1n) is 5.72. The Kier molecular flexibility index (Phi) is 4.01. The maximum Gasteiger partial charge on any atom is 0.311 e. The molecule has 0 aliphatic heterocycles. The number of hydrogen-bond donors (Lipinski definition) is 1. The number of hydrogen-bond acceptors (Lipinski definition) is 5. The van der Waals surface area contributed by atoms with E-state index in [1.165, 1.54) is 22.9 Å². The van der Waals surface area contributed by atoms with Crippen LogP contribution >= 0.6 is 11.3 Å². The lowest BCUT2D eigenvalue weighted by molar-refractivity contribution is -0.385. The van der Waals surface area contributed by atoms with E-state index in [1.54, 1.807) is 23.5 Å². The predicted molar refractivity (Wildman–Crippen MR) is 76.0 cm³/mol. The zero-order valence-corrected chi connectivity index (χ0v) is 11.5. The molecule has 0 aliphatic carbocycles. The molecule has 0 unspecified atom stereocenters. The summed E-state index contributed by atoms with van der Waals surface area (Å²) in [6.45, 7) is 2.75.